The molecule has 0 aliphatic rings. The smallest absolute Gasteiger partial charge is 0.356 e. The van der Waals surface area contributed by atoms with Crippen molar-refractivity contribution >= 4 is 22.8 Å². The third-order valence-corrected chi connectivity index (χ3v) is 2.82. The maximum atomic E-state index is 11.8. The zero-order valence-corrected chi connectivity index (χ0v) is 11.3. The van der Waals surface area contributed by atoms with Crippen molar-refractivity contribution in [3.8, 4) is 5.75 Å². The average Bonchev–Trinajstić information content (AvgIpc) is 2.51. The number of hydrogen-bond donors (Lipinski definition) is 0. The molecule has 1 aromatic carbocycles. The van der Waals surface area contributed by atoms with Gasteiger partial charge < -0.3 is 14.2 Å². The highest BCUT2D eigenvalue weighted by Crippen LogP contribution is 2.24. The Balaban J connectivity index is 2.74. The van der Waals surface area contributed by atoms with E-state index in [1.165, 1.54) is 27.4 Å². The Labute approximate surface area is 115 Å². The standard InChI is InChI=1S/C14H13NO5/c1-18-8-4-5-11-9(6-8)10(13(16)19-2)7-12(15-11)14(17)20-3/h4-7H,1-3H3. The van der Waals surface area contributed by atoms with Crippen LogP contribution >= 0.6 is 0 Å². The van der Waals surface area contributed by atoms with Gasteiger partial charge in [0.1, 0.15) is 11.4 Å². The van der Waals surface area contributed by atoms with Crippen LogP contribution in [0.2, 0.25) is 0 Å². The molecule has 0 spiro atoms. The highest BCUT2D eigenvalue weighted by atomic mass is 16.5. The monoisotopic (exact) mass is 275 g/mol. The lowest BCUT2D eigenvalue weighted by atomic mass is 10.1. The molecule has 0 atom stereocenters. The zero-order valence-electron chi connectivity index (χ0n) is 11.3. The lowest BCUT2D eigenvalue weighted by Gasteiger charge is -2.08. The molecular weight excluding hydrogens is 262 g/mol. The van der Waals surface area contributed by atoms with Gasteiger partial charge in [-0.25, -0.2) is 14.6 Å². The van der Waals surface area contributed by atoms with E-state index >= 15 is 0 Å². The number of esters is 2. The number of carbonyl (C=O) groups is 2. The normalized spacial score (nSPS) is 10.2. The molecule has 2 rings (SSSR count). The maximum absolute atomic E-state index is 11.8. The van der Waals surface area contributed by atoms with Gasteiger partial charge in [0.2, 0.25) is 0 Å². The van der Waals surface area contributed by atoms with E-state index in [0.717, 1.165) is 0 Å². The van der Waals surface area contributed by atoms with E-state index in [0.29, 0.717) is 16.7 Å². The van der Waals surface area contributed by atoms with Crippen molar-refractivity contribution < 1.29 is 23.8 Å². The van der Waals surface area contributed by atoms with Crippen molar-refractivity contribution in [1.29, 1.82) is 0 Å². The number of rotatable bonds is 3. The van der Waals surface area contributed by atoms with E-state index in [9.17, 15) is 9.59 Å². The molecule has 0 saturated heterocycles. The van der Waals surface area contributed by atoms with Crippen molar-refractivity contribution in [1.82, 2.24) is 4.98 Å². The van der Waals surface area contributed by atoms with Gasteiger partial charge in [-0.15, -0.1) is 0 Å². The molecule has 0 fully saturated rings. The second-order valence-electron chi connectivity index (χ2n) is 3.92. The van der Waals surface area contributed by atoms with Gasteiger partial charge in [-0.1, -0.05) is 0 Å². The summed E-state index contributed by atoms with van der Waals surface area (Å²) < 4.78 is 14.5. The molecule has 104 valence electrons. The van der Waals surface area contributed by atoms with Crippen LogP contribution in [0.4, 0.5) is 0 Å². The minimum absolute atomic E-state index is 0.0468. The van der Waals surface area contributed by atoms with E-state index in [1.54, 1.807) is 18.2 Å². The first kappa shape index (κ1) is 13.8. The molecule has 0 aliphatic heterocycles. The van der Waals surface area contributed by atoms with Gasteiger partial charge in [0.05, 0.1) is 32.4 Å². The Kier molecular flexibility index (Phi) is 3.84. The molecule has 2 aromatic rings. The summed E-state index contributed by atoms with van der Waals surface area (Å²) in [6.45, 7) is 0. The molecule has 20 heavy (non-hydrogen) atoms. The Hall–Kier alpha value is -2.63. The molecule has 0 N–H and O–H groups in total. The molecule has 0 aliphatic carbocycles. The highest BCUT2D eigenvalue weighted by Gasteiger charge is 2.17. The van der Waals surface area contributed by atoms with Crippen LogP contribution in [0.5, 0.6) is 5.75 Å². The fourth-order valence-electron chi connectivity index (χ4n) is 1.82. The molecule has 6 heteroatoms. The quantitative estimate of drug-likeness (QED) is 0.795. The number of ether oxygens (including phenoxy) is 3. The summed E-state index contributed by atoms with van der Waals surface area (Å²) >= 11 is 0. The Morgan fingerprint density at radius 3 is 2.30 bits per heavy atom. The number of hydrogen-bond acceptors (Lipinski definition) is 6. The van der Waals surface area contributed by atoms with Gasteiger partial charge in [0, 0.05) is 5.39 Å². The summed E-state index contributed by atoms with van der Waals surface area (Å²) in [7, 11) is 4.04. The number of aromatic nitrogens is 1. The number of carbonyl (C=O) groups excluding carboxylic acids is 2. The van der Waals surface area contributed by atoms with Crippen LogP contribution in [0.25, 0.3) is 10.9 Å². The van der Waals surface area contributed by atoms with Crippen LogP contribution in [-0.4, -0.2) is 38.3 Å². The Morgan fingerprint density at radius 1 is 1.00 bits per heavy atom. The summed E-state index contributed by atoms with van der Waals surface area (Å²) in [5.74, 6) is -0.598. The predicted octanol–water partition coefficient (Wildman–Crippen LogP) is 1.82. The topological polar surface area (TPSA) is 74.7 Å². The number of nitrogens with zero attached hydrogens (tertiary/aromatic N) is 1. The van der Waals surface area contributed by atoms with Crippen molar-refractivity contribution in [2.75, 3.05) is 21.3 Å². The van der Waals surface area contributed by atoms with Gasteiger partial charge in [-0.3, -0.25) is 0 Å². The number of benzene rings is 1. The number of methoxy groups -OCH3 is 3. The zero-order chi connectivity index (χ0) is 14.7. The van der Waals surface area contributed by atoms with Crippen molar-refractivity contribution in [2.45, 2.75) is 0 Å². The van der Waals surface area contributed by atoms with Crippen LogP contribution in [0.3, 0.4) is 0 Å². The van der Waals surface area contributed by atoms with E-state index in [-0.39, 0.29) is 11.3 Å². The predicted molar refractivity (Wildman–Crippen MR) is 71.0 cm³/mol. The van der Waals surface area contributed by atoms with E-state index in [1.807, 2.05) is 0 Å². The third-order valence-electron chi connectivity index (χ3n) is 2.82. The molecule has 0 bridgehead atoms. The maximum Gasteiger partial charge on any atom is 0.356 e. The molecule has 0 saturated carbocycles. The minimum atomic E-state index is -0.618. The van der Waals surface area contributed by atoms with Gasteiger partial charge in [-0.2, -0.15) is 0 Å². The second-order valence-corrected chi connectivity index (χ2v) is 3.92. The molecule has 0 unspecified atom stereocenters. The fraction of sp³-hybridized carbons (Fsp3) is 0.214. The molecule has 1 aromatic heterocycles. The number of fused-ring (bicyclic) bond motifs is 1. The SMILES string of the molecule is COC(=O)c1cc(C(=O)OC)c2cc(OC)ccc2n1. The molecular formula is C14H13NO5. The number of pyridine rings is 1. The summed E-state index contributed by atoms with van der Waals surface area (Å²) in [6, 6.07) is 6.36. The van der Waals surface area contributed by atoms with Crippen molar-refractivity contribution in [3.63, 3.8) is 0 Å². The van der Waals surface area contributed by atoms with E-state index < -0.39 is 11.9 Å². The first-order valence-corrected chi connectivity index (χ1v) is 5.76. The van der Waals surface area contributed by atoms with Gasteiger partial charge >= 0.3 is 11.9 Å². The summed E-state index contributed by atoms with van der Waals surface area (Å²) in [5.41, 5.74) is 0.761. The second kappa shape index (κ2) is 5.56. The molecule has 6 nitrogen and oxygen atoms in total. The minimum Gasteiger partial charge on any atom is -0.497 e. The first-order valence-electron chi connectivity index (χ1n) is 5.76. The van der Waals surface area contributed by atoms with Crippen LogP contribution in [0.1, 0.15) is 20.8 Å². The lowest BCUT2D eigenvalue weighted by Crippen LogP contribution is -2.09. The first-order chi connectivity index (χ1) is 9.60. The third kappa shape index (κ3) is 2.40. The van der Waals surface area contributed by atoms with E-state index in [4.69, 9.17) is 9.47 Å². The van der Waals surface area contributed by atoms with Crippen LogP contribution in [-0.2, 0) is 9.47 Å². The summed E-state index contributed by atoms with van der Waals surface area (Å²) in [4.78, 5) is 27.6. The average molecular weight is 275 g/mol. The van der Waals surface area contributed by atoms with Crippen LogP contribution < -0.4 is 4.74 Å². The Morgan fingerprint density at radius 2 is 1.70 bits per heavy atom. The van der Waals surface area contributed by atoms with Gasteiger partial charge in [0.15, 0.2) is 0 Å². The summed E-state index contributed by atoms with van der Waals surface area (Å²) in [5, 5.41) is 0.545. The largest absolute Gasteiger partial charge is 0.497 e. The van der Waals surface area contributed by atoms with Gasteiger partial charge in [0.25, 0.3) is 0 Å². The molecule has 0 radical (unpaired) electrons. The lowest BCUT2D eigenvalue weighted by molar-refractivity contribution is 0.0594. The van der Waals surface area contributed by atoms with E-state index in [2.05, 4.69) is 9.72 Å². The fourth-order valence-corrected chi connectivity index (χ4v) is 1.82. The van der Waals surface area contributed by atoms with Gasteiger partial charge in [-0.05, 0) is 24.3 Å². The molecule has 1 heterocycles. The van der Waals surface area contributed by atoms with Crippen LogP contribution in [0.15, 0.2) is 24.3 Å². The molecule has 0 amide bonds. The summed E-state index contributed by atoms with van der Waals surface area (Å²) in [6.07, 6.45) is 0. The van der Waals surface area contributed by atoms with Crippen LogP contribution in [0, 0.1) is 0 Å². The van der Waals surface area contributed by atoms with Crippen molar-refractivity contribution in [3.05, 3.63) is 35.5 Å². The Bertz CT molecular complexity index is 681. The highest BCUT2D eigenvalue weighted by molar-refractivity contribution is 6.06. The van der Waals surface area contributed by atoms with Crippen molar-refractivity contribution in [2.24, 2.45) is 0 Å².